The summed E-state index contributed by atoms with van der Waals surface area (Å²) in [5.74, 6) is -5.47. The average Bonchev–Trinajstić information content (AvgIpc) is 3.51. The van der Waals surface area contributed by atoms with Crippen LogP contribution in [0.2, 0.25) is 0 Å². The van der Waals surface area contributed by atoms with Gasteiger partial charge in [0.25, 0.3) is 23.6 Å². The Kier molecular flexibility index (Phi) is 16.0. The molecule has 2 saturated heterocycles. The van der Waals surface area contributed by atoms with Crippen molar-refractivity contribution in [1.29, 1.82) is 0 Å². The van der Waals surface area contributed by atoms with Crippen LogP contribution in [0.1, 0.15) is 126 Å². The van der Waals surface area contributed by atoms with E-state index in [-0.39, 0.29) is 69.5 Å². The SMILES string of the molecule is CC(CCC(=O)OCCC(C)(C)OCC(C)(C)OC(=O)CCC(C)CC(C)C(=O)ON1C(=O)CCC1=O)CC(C)C(=O)ON1C(=O)CCC1=O. The van der Waals surface area contributed by atoms with Gasteiger partial charge in [-0.15, -0.1) is 10.1 Å². The molecule has 0 saturated carbocycles. The van der Waals surface area contributed by atoms with E-state index in [1.54, 1.807) is 27.7 Å². The zero-order valence-electron chi connectivity index (χ0n) is 30.7. The molecule has 4 atom stereocenters. The molecular weight excluding hydrogens is 656 g/mol. The van der Waals surface area contributed by atoms with E-state index in [1.807, 2.05) is 27.7 Å². The van der Waals surface area contributed by atoms with E-state index in [1.165, 1.54) is 0 Å². The molecule has 0 radical (unpaired) electrons. The standard InChI is InChI=1S/C35H54N2O13/c1-22(19-24(3)32(44)49-36-26(38)11-12-27(36)39)9-15-30(42)46-18-17-34(5,6)47-21-35(7,8)48-31(43)16-10-23(2)20-25(4)33(45)50-37-28(40)13-14-29(37)41/h22-25H,9-21H2,1-8H3. The monoisotopic (exact) mass is 710 g/mol. The van der Waals surface area contributed by atoms with Gasteiger partial charge in [-0.25, -0.2) is 9.59 Å². The molecule has 0 aromatic rings. The number of imide groups is 2. The molecule has 0 spiro atoms. The van der Waals surface area contributed by atoms with Gasteiger partial charge < -0.3 is 23.9 Å². The number of amides is 4. The van der Waals surface area contributed by atoms with E-state index in [4.69, 9.17) is 23.9 Å². The second-order valence-electron chi connectivity index (χ2n) is 14.8. The number of nitrogens with zero attached hydrogens (tertiary/aromatic N) is 2. The third kappa shape index (κ3) is 14.5. The first-order valence-corrected chi connectivity index (χ1v) is 17.4. The Balaban J connectivity index is 1.62. The van der Waals surface area contributed by atoms with E-state index in [9.17, 15) is 38.4 Å². The van der Waals surface area contributed by atoms with Crippen LogP contribution in [0, 0.1) is 23.7 Å². The fraction of sp³-hybridized carbons (Fsp3) is 0.771. The maximum Gasteiger partial charge on any atom is 0.335 e. The van der Waals surface area contributed by atoms with Gasteiger partial charge in [-0.1, -0.05) is 27.7 Å². The van der Waals surface area contributed by atoms with Crippen LogP contribution in [0.15, 0.2) is 0 Å². The smallest absolute Gasteiger partial charge is 0.335 e. The zero-order valence-corrected chi connectivity index (χ0v) is 30.7. The summed E-state index contributed by atoms with van der Waals surface area (Å²) in [6.45, 7) is 14.4. The minimum absolute atomic E-state index is 0.0175. The van der Waals surface area contributed by atoms with Crippen molar-refractivity contribution in [2.24, 2.45) is 23.7 Å². The van der Waals surface area contributed by atoms with Crippen molar-refractivity contribution in [1.82, 2.24) is 10.1 Å². The minimum atomic E-state index is -0.931. The molecular formula is C35H54N2O13. The van der Waals surface area contributed by atoms with E-state index >= 15 is 0 Å². The highest BCUT2D eigenvalue weighted by molar-refractivity contribution is 6.02. The van der Waals surface area contributed by atoms with Gasteiger partial charge in [0.05, 0.1) is 30.7 Å². The predicted octanol–water partition coefficient (Wildman–Crippen LogP) is 4.14. The Morgan fingerprint density at radius 3 is 1.46 bits per heavy atom. The second kappa shape index (κ2) is 18.9. The quantitative estimate of drug-likeness (QED) is 0.122. The second-order valence-corrected chi connectivity index (χ2v) is 14.8. The Morgan fingerprint density at radius 2 is 1.04 bits per heavy atom. The molecule has 0 bridgehead atoms. The summed E-state index contributed by atoms with van der Waals surface area (Å²) in [5, 5.41) is 1.06. The lowest BCUT2D eigenvalue weighted by Gasteiger charge is -2.32. The molecule has 2 aliphatic rings. The third-order valence-electron chi connectivity index (χ3n) is 8.54. The third-order valence-corrected chi connectivity index (χ3v) is 8.54. The molecule has 0 aliphatic carbocycles. The Labute approximate surface area is 293 Å². The van der Waals surface area contributed by atoms with Gasteiger partial charge in [0, 0.05) is 44.9 Å². The van der Waals surface area contributed by atoms with Crippen LogP contribution in [0.25, 0.3) is 0 Å². The largest absolute Gasteiger partial charge is 0.466 e. The van der Waals surface area contributed by atoms with Crippen LogP contribution in [-0.2, 0) is 62.2 Å². The summed E-state index contributed by atoms with van der Waals surface area (Å²) in [4.78, 5) is 106. The summed E-state index contributed by atoms with van der Waals surface area (Å²) >= 11 is 0. The highest BCUT2D eigenvalue weighted by Gasteiger charge is 2.36. The van der Waals surface area contributed by atoms with Crippen molar-refractivity contribution >= 4 is 47.5 Å². The van der Waals surface area contributed by atoms with Crippen molar-refractivity contribution in [3.63, 3.8) is 0 Å². The van der Waals surface area contributed by atoms with Crippen molar-refractivity contribution in [3.8, 4) is 0 Å². The molecule has 0 aromatic carbocycles. The van der Waals surface area contributed by atoms with Crippen molar-refractivity contribution in [3.05, 3.63) is 0 Å². The fourth-order valence-corrected chi connectivity index (χ4v) is 5.35. The highest BCUT2D eigenvalue weighted by Crippen LogP contribution is 2.24. The molecule has 0 aromatic heterocycles. The molecule has 0 N–H and O–H groups in total. The summed E-state index contributed by atoms with van der Waals surface area (Å²) in [5.41, 5.74) is -1.62. The van der Waals surface area contributed by atoms with Crippen molar-refractivity contribution < 1.29 is 62.2 Å². The Bertz CT molecular complexity index is 1240. The number of esters is 2. The van der Waals surface area contributed by atoms with E-state index in [0.717, 1.165) is 0 Å². The first-order chi connectivity index (χ1) is 23.2. The van der Waals surface area contributed by atoms with Gasteiger partial charge in [0.1, 0.15) is 5.60 Å². The topological polar surface area (TPSA) is 189 Å². The number of hydrogen-bond donors (Lipinski definition) is 0. The Morgan fingerprint density at radius 1 is 0.640 bits per heavy atom. The van der Waals surface area contributed by atoms with Crippen LogP contribution in [-0.4, -0.2) is 82.0 Å². The number of rotatable bonds is 21. The summed E-state index contributed by atoms with van der Waals surface area (Å²) in [6.07, 6.45) is 2.51. The lowest BCUT2D eigenvalue weighted by atomic mass is 9.93. The average molecular weight is 711 g/mol. The first-order valence-electron chi connectivity index (χ1n) is 17.4. The maximum absolute atomic E-state index is 12.6. The van der Waals surface area contributed by atoms with Crippen LogP contribution >= 0.6 is 0 Å². The summed E-state index contributed by atoms with van der Waals surface area (Å²) in [7, 11) is 0. The molecule has 282 valence electrons. The normalized spacial score (nSPS) is 17.8. The van der Waals surface area contributed by atoms with Gasteiger partial charge in [-0.3, -0.25) is 28.8 Å². The minimum Gasteiger partial charge on any atom is -0.466 e. The van der Waals surface area contributed by atoms with Gasteiger partial charge in [-0.2, -0.15) is 0 Å². The van der Waals surface area contributed by atoms with Crippen LogP contribution in [0.4, 0.5) is 0 Å². The molecule has 2 aliphatic heterocycles. The molecule has 2 rings (SSSR count). The predicted molar refractivity (Wildman–Crippen MR) is 174 cm³/mol. The molecule has 2 fully saturated rings. The lowest BCUT2D eigenvalue weighted by molar-refractivity contribution is -0.200. The van der Waals surface area contributed by atoms with Gasteiger partial charge >= 0.3 is 23.9 Å². The summed E-state index contributed by atoms with van der Waals surface area (Å²) < 4.78 is 17.1. The molecule has 15 nitrogen and oxygen atoms in total. The first kappa shape index (κ1) is 42.3. The van der Waals surface area contributed by atoms with E-state index in [2.05, 4.69) is 0 Å². The summed E-state index contributed by atoms with van der Waals surface area (Å²) in [6, 6.07) is 0. The fourth-order valence-electron chi connectivity index (χ4n) is 5.35. The van der Waals surface area contributed by atoms with Crippen LogP contribution in [0.5, 0.6) is 0 Å². The number of hydroxylamine groups is 4. The number of hydrogen-bond acceptors (Lipinski definition) is 13. The molecule has 4 amide bonds. The number of carbonyl (C=O) groups is 8. The maximum atomic E-state index is 12.6. The van der Waals surface area contributed by atoms with Crippen molar-refractivity contribution in [2.45, 2.75) is 137 Å². The molecule has 50 heavy (non-hydrogen) atoms. The molecule has 2 heterocycles. The lowest BCUT2D eigenvalue weighted by Crippen LogP contribution is -2.38. The van der Waals surface area contributed by atoms with Gasteiger partial charge in [0.15, 0.2) is 0 Å². The zero-order chi connectivity index (χ0) is 37.8. The van der Waals surface area contributed by atoms with Gasteiger partial charge in [-0.05, 0) is 65.2 Å². The van der Waals surface area contributed by atoms with Crippen LogP contribution in [0.3, 0.4) is 0 Å². The number of carbonyl (C=O) groups excluding carboxylic acids is 8. The molecule has 15 heteroatoms. The number of ether oxygens (including phenoxy) is 3. The van der Waals surface area contributed by atoms with E-state index < -0.39 is 64.6 Å². The molecule has 4 unspecified atom stereocenters. The Hall–Kier alpha value is -3.88. The van der Waals surface area contributed by atoms with Gasteiger partial charge in [0.2, 0.25) is 0 Å². The van der Waals surface area contributed by atoms with Crippen LogP contribution < -0.4 is 0 Å². The van der Waals surface area contributed by atoms with E-state index in [0.29, 0.717) is 42.2 Å². The van der Waals surface area contributed by atoms with Crippen molar-refractivity contribution in [2.75, 3.05) is 13.2 Å². The highest BCUT2D eigenvalue weighted by atomic mass is 16.7.